The molecule has 6 nitrogen and oxygen atoms in total. The Bertz CT molecular complexity index is 1180. The summed E-state index contributed by atoms with van der Waals surface area (Å²) in [6.07, 6.45) is -0.166. The van der Waals surface area contributed by atoms with Crippen LogP contribution in [0, 0.1) is 27.7 Å². The third-order valence-electron chi connectivity index (χ3n) is 5.90. The highest BCUT2D eigenvalue weighted by Gasteiger charge is 2.24. The topological polar surface area (TPSA) is 66.8 Å². The second-order valence-electron chi connectivity index (χ2n) is 8.19. The molecule has 2 aromatic carbocycles. The number of hydrogen-bond donors (Lipinski definition) is 0. The summed E-state index contributed by atoms with van der Waals surface area (Å²) < 4.78 is 19.2. The van der Waals surface area contributed by atoms with Crippen LogP contribution in [-0.2, 0) is 11.3 Å². The molecule has 32 heavy (non-hydrogen) atoms. The van der Waals surface area contributed by atoms with Gasteiger partial charge in [0.25, 0.3) is 0 Å². The van der Waals surface area contributed by atoms with Gasteiger partial charge < -0.3 is 18.8 Å². The molecule has 0 saturated carbocycles. The van der Waals surface area contributed by atoms with Crippen LogP contribution in [0.5, 0.6) is 11.5 Å². The van der Waals surface area contributed by atoms with Gasteiger partial charge in [-0.05, 0) is 69.2 Å². The van der Waals surface area contributed by atoms with E-state index in [1.54, 1.807) is 12.1 Å². The Morgan fingerprint density at radius 3 is 2.50 bits per heavy atom. The number of para-hydroxylation sites is 2. The molecule has 4 rings (SSSR count). The van der Waals surface area contributed by atoms with Crippen LogP contribution < -0.4 is 9.47 Å². The zero-order valence-electron chi connectivity index (χ0n) is 18.8. The number of Topliss-reactive ketones (excluding diaryl/α,β-unsaturated/α-hetero) is 1. The molecule has 0 fully saturated rings. The molecular formula is C26H27NO5. The largest absolute Gasteiger partial charge is 0.486 e. The van der Waals surface area contributed by atoms with Gasteiger partial charge in [-0.15, -0.1) is 0 Å². The number of fused-ring (bicyclic) bond motifs is 1. The van der Waals surface area contributed by atoms with Gasteiger partial charge in [-0.3, -0.25) is 4.79 Å². The van der Waals surface area contributed by atoms with E-state index in [0.29, 0.717) is 24.3 Å². The van der Waals surface area contributed by atoms with E-state index >= 15 is 0 Å². The maximum atomic E-state index is 12.8. The van der Waals surface area contributed by atoms with Crippen molar-refractivity contribution >= 4 is 11.8 Å². The van der Waals surface area contributed by atoms with Gasteiger partial charge in [-0.1, -0.05) is 18.2 Å². The van der Waals surface area contributed by atoms with Crippen LogP contribution in [0.2, 0.25) is 0 Å². The predicted molar refractivity (Wildman–Crippen MR) is 121 cm³/mol. The molecule has 2 heterocycles. The lowest BCUT2D eigenvalue weighted by Crippen LogP contribution is -2.33. The van der Waals surface area contributed by atoms with Gasteiger partial charge in [0.2, 0.25) is 5.78 Å². The van der Waals surface area contributed by atoms with Crippen LogP contribution in [0.1, 0.15) is 43.2 Å². The normalized spacial score (nSPS) is 14.8. The van der Waals surface area contributed by atoms with Gasteiger partial charge >= 0.3 is 5.97 Å². The average Bonchev–Trinajstić information content (AvgIpc) is 3.07. The number of aromatic nitrogens is 1. The van der Waals surface area contributed by atoms with Crippen LogP contribution in [-0.4, -0.2) is 35.6 Å². The van der Waals surface area contributed by atoms with E-state index in [2.05, 4.69) is 0 Å². The first-order valence-electron chi connectivity index (χ1n) is 10.7. The number of aryl methyl sites for hydroxylation is 3. The van der Waals surface area contributed by atoms with Crippen molar-refractivity contribution in [2.45, 2.75) is 40.3 Å². The van der Waals surface area contributed by atoms with Crippen molar-refractivity contribution in [1.29, 1.82) is 0 Å². The molecule has 0 spiro atoms. The number of ether oxygens (including phenoxy) is 3. The van der Waals surface area contributed by atoms with E-state index in [4.69, 9.17) is 14.2 Å². The molecule has 166 valence electrons. The monoisotopic (exact) mass is 433 g/mol. The van der Waals surface area contributed by atoms with Crippen molar-refractivity contribution in [2.24, 2.45) is 0 Å². The second-order valence-corrected chi connectivity index (χ2v) is 8.19. The Balaban J connectivity index is 1.41. The summed E-state index contributed by atoms with van der Waals surface area (Å²) in [5.41, 5.74) is 4.85. The lowest BCUT2D eigenvalue weighted by molar-refractivity contribution is 0.0474. The van der Waals surface area contributed by atoms with Gasteiger partial charge in [-0.25, -0.2) is 4.79 Å². The Kier molecular flexibility index (Phi) is 6.04. The van der Waals surface area contributed by atoms with Crippen LogP contribution in [0.15, 0.2) is 48.5 Å². The quantitative estimate of drug-likeness (QED) is 0.420. The summed E-state index contributed by atoms with van der Waals surface area (Å²) in [4.78, 5) is 25.2. The highest BCUT2D eigenvalue weighted by atomic mass is 16.6. The lowest BCUT2D eigenvalue weighted by atomic mass is 10.1. The zero-order valence-corrected chi connectivity index (χ0v) is 18.8. The number of hydrogen-bond acceptors (Lipinski definition) is 5. The number of nitrogens with zero attached hydrogens (tertiary/aromatic N) is 1. The highest BCUT2D eigenvalue weighted by Crippen LogP contribution is 2.31. The molecule has 0 amide bonds. The predicted octanol–water partition coefficient (Wildman–Crippen LogP) is 4.60. The maximum absolute atomic E-state index is 12.8. The third kappa shape index (κ3) is 4.40. The summed E-state index contributed by atoms with van der Waals surface area (Å²) in [7, 11) is 0. The van der Waals surface area contributed by atoms with E-state index in [1.165, 1.54) is 0 Å². The van der Waals surface area contributed by atoms with Gasteiger partial charge in [0.15, 0.2) is 24.2 Å². The molecule has 0 N–H and O–H groups in total. The number of rotatable bonds is 6. The minimum Gasteiger partial charge on any atom is -0.486 e. The maximum Gasteiger partial charge on any atom is 0.338 e. The number of carbonyl (C=O) groups excluding carboxylic acids is 2. The molecule has 0 aliphatic carbocycles. The molecule has 1 aromatic heterocycles. The molecule has 1 atom stereocenters. The standard InChI is InChI=1S/C26H27NO5/c1-16-9-10-20(11-17(16)2)26(29)31-15-23(28)22-12-18(3)27(19(22)4)13-21-14-30-24-7-5-6-8-25(24)32-21/h5-12,21H,13-15H2,1-4H3. The molecule has 0 saturated heterocycles. The van der Waals surface area contributed by atoms with Crippen molar-refractivity contribution in [3.05, 3.63) is 82.2 Å². The van der Waals surface area contributed by atoms with Gasteiger partial charge in [0, 0.05) is 17.0 Å². The molecule has 1 unspecified atom stereocenters. The van der Waals surface area contributed by atoms with Crippen molar-refractivity contribution in [3.63, 3.8) is 0 Å². The van der Waals surface area contributed by atoms with E-state index in [-0.39, 0.29) is 18.5 Å². The molecule has 1 aliphatic heterocycles. The summed E-state index contributed by atoms with van der Waals surface area (Å²) in [6, 6.07) is 14.8. The second kappa shape index (κ2) is 8.91. The SMILES string of the molecule is Cc1ccc(C(=O)OCC(=O)c2cc(C)n(CC3COc4ccccc4O3)c2C)cc1C. The molecule has 0 radical (unpaired) electrons. The van der Waals surface area contributed by atoms with Crippen molar-refractivity contribution in [3.8, 4) is 11.5 Å². The Morgan fingerprint density at radius 1 is 1.00 bits per heavy atom. The van der Waals surface area contributed by atoms with Gasteiger partial charge in [0.05, 0.1) is 12.1 Å². The minimum absolute atomic E-state index is 0.166. The Morgan fingerprint density at radius 2 is 1.75 bits per heavy atom. The average molecular weight is 434 g/mol. The Labute approximate surface area is 187 Å². The van der Waals surface area contributed by atoms with E-state index in [0.717, 1.165) is 34.0 Å². The molecule has 1 aliphatic rings. The van der Waals surface area contributed by atoms with Crippen molar-refractivity contribution in [1.82, 2.24) is 4.57 Å². The van der Waals surface area contributed by atoms with Crippen LogP contribution >= 0.6 is 0 Å². The van der Waals surface area contributed by atoms with Crippen molar-refractivity contribution in [2.75, 3.05) is 13.2 Å². The Hall–Kier alpha value is -3.54. The number of esters is 1. The number of carbonyl (C=O) groups is 2. The van der Waals surface area contributed by atoms with E-state index < -0.39 is 5.97 Å². The number of ketones is 1. The first-order chi connectivity index (χ1) is 15.3. The highest BCUT2D eigenvalue weighted by molar-refractivity contribution is 6.00. The van der Waals surface area contributed by atoms with Crippen LogP contribution in [0.4, 0.5) is 0 Å². The van der Waals surface area contributed by atoms with Crippen molar-refractivity contribution < 1.29 is 23.8 Å². The fourth-order valence-corrected chi connectivity index (χ4v) is 3.88. The zero-order chi connectivity index (χ0) is 22.8. The van der Waals surface area contributed by atoms with Gasteiger partial charge in [0.1, 0.15) is 6.61 Å². The first-order valence-corrected chi connectivity index (χ1v) is 10.7. The van der Waals surface area contributed by atoms with Gasteiger partial charge in [-0.2, -0.15) is 0 Å². The smallest absolute Gasteiger partial charge is 0.338 e. The number of benzene rings is 2. The molecule has 6 heteroatoms. The lowest BCUT2D eigenvalue weighted by Gasteiger charge is -2.27. The third-order valence-corrected chi connectivity index (χ3v) is 5.90. The summed E-state index contributed by atoms with van der Waals surface area (Å²) in [6.45, 7) is 8.45. The molecule has 3 aromatic rings. The summed E-state index contributed by atoms with van der Waals surface area (Å²) >= 11 is 0. The minimum atomic E-state index is -0.498. The van der Waals surface area contributed by atoms with E-state index in [1.807, 2.05) is 68.7 Å². The molecule has 0 bridgehead atoms. The summed E-state index contributed by atoms with van der Waals surface area (Å²) in [5, 5.41) is 0. The fourth-order valence-electron chi connectivity index (χ4n) is 3.88. The van der Waals surface area contributed by atoms with Crippen LogP contribution in [0.25, 0.3) is 0 Å². The fraction of sp³-hybridized carbons (Fsp3) is 0.308. The first kappa shape index (κ1) is 21.7. The van der Waals surface area contributed by atoms with E-state index in [9.17, 15) is 9.59 Å². The molecular weight excluding hydrogens is 406 g/mol. The summed E-state index contributed by atoms with van der Waals surface area (Å²) in [5.74, 6) is 0.737. The van der Waals surface area contributed by atoms with Crippen LogP contribution in [0.3, 0.4) is 0 Å².